The molecule has 9 nitrogen and oxygen atoms in total. The predicted octanol–water partition coefficient (Wildman–Crippen LogP) is 4.26. The number of nitrogens with zero attached hydrogens (tertiary/aromatic N) is 4. The van der Waals surface area contributed by atoms with Gasteiger partial charge in [0.25, 0.3) is 0 Å². The van der Waals surface area contributed by atoms with Gasteiger partial charge in [-0.25, -0.2) is 9.97 Å². The van der Waals surface area contributed by atoms with Crippen molar-refractivity contribution in [2.45, 2.75) is 6.42 Å². The molecule has 0 saturated heterocycles. The molecule has 158 valence electrons. The Labute approximate surface area is 183 Å². The first-order valence-electron chi connectivity index (χ1n) is 9.78. The highest BCUT2D eigenvalue weighted by atomic mass is 16.5. The largest absolute Gasteiger partial charge is 0.437 e. The van der Waals surface area contributed by atoms with E-state index in [1.807, 2.05) is 12.3 Å². The Bertz CT molecular complexity index is 1320. The third kappa shape index (κ3) is 4.71. The van der Waals surface area contributed by atoms with Crippen LogP contribution in [0.1, 0.15) is 6.42 Å². The van der Waals surface area contributed by atoms with Gasteiger partial charge in [0.05, 0.1) is 24.4 Å². The minimum atomic E-state index is -0.307. The van der Waals surface area contributed by atoms with Crippen molar-refractivity contribution in [3.8, 4) is 28.8 Å². The van der Waals surface area contributed by atoms with Crippen LogP contribution in [0.3, 0.4) is 0 Å². The molecule has 32 heavy (non-hydrogen) atoms. The minimum Gasteiger partial charge on any atom is -0.437 e. The van der Waals surface area contributed by atoms with Gasteiger partial charge in [-0.15, -0.1) is 0 Å². The van der Waals surface area contributed by atoms with Gasteiger partial charge in [-0.3, -0.25) is 9.78 Å². The lowest BCUT2D eigenvalue weighted by atomic mass is 10.1. The highest BCUT2D eigenvalue weighted by molar-refractivity contribution is 5.99. The van der Waals surface area contributed by atoms with Crippen LogP contribution in [-0.4, -0.2) is 32.4 Å². The number of fused-ring (bicyclic) bond motifs is 1. The number of hydrogen-bond donors (Lipinski definition) is 3. The zero-order valence-corrected chi connectivity index (χ0v) is 17.0. The number of benzene rings is 1. The topological polar surface area (TPSA) is 129 Å². The smallest absolute Gasteiger partial charge is 0.247 e. The average molecular weight is 425 g/mol. The van der Waals surface area contributed by atoms with E-state index < -0.39 is 0 Å². The van der Waals surface area contributed by atoms with Gasteiger partial charge in [-0.1, -0.05) is 12.6 Å². The molecule has 3 N–H and O–H groups in total. The van der Waals surface area contributed by atoms with Crippen LogP contribution in [0.5, 0.6) is 11.6 Å². The number of carbonyl (C=O) groups excluding carboxylic acids is 1. The molecule has 0 unspecified atom stereocenters. The van der Waals surface area contributed by atoms with Gasteiger partial charge in [0, 0.05) is 48.0 Å². The summed E-state index contributed by atoms with van der Waals surface area (Å²) in [6, 6.07) is 11.0. The maximum Gasteiger partial charge on any atom is 0.247 e. The lowest BCUT2D eigenvalue weighted by Crippen LogP contribution is -2.07. The van der Waals surface area contributed by atoms with E-state index in [2.05, 4.69) is 43.2 Å². The number of rotatable bonds is 8. The van der Waals surface area contributed by atoms with Crippen molar-refractivity contribution < 1.29 is 9.53 Å². The van der Waals surface area contributed by atoms with Crippen LogP contribution in [-0.2, 0) is 4.79 Å². The highest BCUT2D eigenvalue weighted by Crippen LogP contribution is 2.30. The first-order chi connectivity index (χ1) is 15.7. The second-order valence-corrected chi connectivity index (χ2v) is 6.73. The van der Waals surface area contributed by atoms with Crippen LogP contribution in [0.2, 0.25) is 0 Å². The summed E-state index contributed by atoms with van der Waals surface area (Å²) in [4.78, 5) is 27.9. The SMILES string of the molecule is C=CC(=O)Nc1cccc(Oc2cnc3[nH]cc(-c4cncc(NCCC#N)c4)c3n2)c1. The van der Waals surface area contributed by atoms with Crippen molar-refractivity contribution in [1.29, 1.82) is 5.26 Å². The number of hydrogen-bond acceptors (Lipinski definition) is 7. The fraction of sp³-hybridized carbons (Fsp3) is 0.0870. The van der Waals surface area contributed by atoms with Gasteiger partial charge >= 0.3 is 0 Å². The number of ether oxygens (including phenoxy) is 1. The van der Waals surface area contributed by atoms with E-state index in [-0.39, 0.29) is 5.91 Å². The number of H-pyrrole nitrogens is 1. The van der Waals surface area contributed by atoms with E-state index in [0.29, 0.717) is 41.4 Å². The van der Waals surface area contributed by atoms with Gasteiger partial charge in [-0.05, 0) is 24.3 Å². The molecule has 3 aromatic heterocycles. The van der Waals surface area contributed by atoms with Crippen LogP contribution in [0.4, 0.5) is 11.4 Å². The monoisotopic (exact) mass is 425 g/mol. The van der Waals surface area contributed by atoms with Crippen molar-refractivity contribution >= 4 is 28.4 Å². The lowest BCUT2D eigenvalue weighted by Gasteiger charge is -2.08. The fourth-order valence-corrected chi connectivity index (χ4v) is 3.04. The Balaban J connectivity index is 1.59. The highest BCUT2D eigenvalue weighted by Gasteiger charge is 2.12. The molecule has 4 aromatic rings. The second-order valence-electron chi connectivity index (χ2n) is 6.73. The number of carbonyl (C=O) groups is 1. The summed E-state index contributed by atoms with van der Waals surface area (Å²) in [7, 11) is 0. The molecule has 4 rings (SSSR count). The summed E-state index contributed by atoms with van der Waals surface area (Å²) in [6.45, 7) is 3.98. The van der Waals surface area contributed by atoms with Crippen LogP contribution in [0.25, 0.3) is 22.3 Å². The fourth-order valence-electron chi connectivity index (χ4n) is 3.04. The number of aromatic amines is 1. The molecule has 0 saturated carbocycles. The molecule has 0 spiro atoms. The molecule has 0 radical (unpaired) electrons. The Morgan fingerprint density at radius 2 is 2.16 bits per heavy atom. The van der Waals surface area contributed by atoms with Gasteiger partial charge in [0.1, 0.15) is 11.3 Å². The summed E-state index contributed by atoms with van der Waals surface area (Å²) in [5.41, 5.74) is 4.30. The summed E-state index contributed by atoms with van der Waals surface area (Å²) in [6.07, 6.45) is 8.38. The molecule has 0 aliphatic rings. The molecule has 0 atom stereocenters. The standard InChI is InChI=1S/C23H19N7O2/c1-2-20(31)29-16-5-3-6-18(10-16)32-21-14-28-23-22(30-21)19(13-27-23)15-9-17(12-25-11-15)26-8-4-7-24/h2-3,5-6,9-14,26H,1,4,8H2,(H,27,28)(H,29,31). The first kappa shape index (κ1) is 20.6. The number of anilines is 2. The number of aromatic nitrogens is 4. The van der Waals surface area contributed by atoms with E-state index in [4.69, 9.17) is 10.00 Å². The number of pyridine rings is 1. The van der Waals surface area contributed by atoms with E-state index in [1.54, 1.807) is 36.7 Å². The van der Waals surface area contributed by atoms with Crippen molar-refractivity contribution in [2.24, 2.45) is 0 Å². The molecule has 0 fully saturated rings. The molecule has 1 aromatic carbocycles. The van der Waals surface area contributed by atoms with E-state index >= 15 is 0 Å². The normalized spacial score (nSPS) is 10.3. The first-order valence-corrected chi connectivity index (χ1v) is 9.78. The van der Waals surface area contributed by atoms with Crippen molar-refractivity contribution in [3.63, 3.8) is 0 Å². The van der Waals surface area contributed by atoms with Crippen LogP contribution < -0.4 is 15.4 Å². The number of amides is 1. The maximum absolute atomic E-state index is 11.5. The molecule has 9 heteroatoms. The van der Waals surface area contributed by atoms with Crippen molar-refractivity contribution in [2.75, 3.05) is 17.2 Å². The quantitative estimate of drug-likeness (QED) is 0.284. The molecule has 0 aliphatic carbocycles. The van der Waals surface area contributed by atoms with Crippen LogP contribution in [0.15, 0.2) is 67.8 Å². The van der Waals surface area contributed by atoms with Gasteiger partial charge < -0.3 is 20.4 Å². The molecule has 0 aliphatic heterocycles. The Kier molecular flexibility index (Phi) is 6.04. The Hall–Kier alpha value is -4.71. The van der Waals surface area contributed by atoms with E-state index in [9.17, 15) is 4.79 Å². The zero-order valence-electron chi connectivity index (χ0n) is 17.0. The molecular formula is C23H19N7O2. The van der Waals surface area contributed by atoms with Gasteiger partial charge in [-0.2, -0.15) is 5.26 Å². The number of nitrogens with one attached hydrogen (secondary N) is 3. The molecular weight excluding hydrogens is 406 g/mol. The summed E-state index contributed by atoms with van der Waals surface area (Å²) < 4.78 is 5.87. The van der Waals surface area contributed by atoms with Crippen molar-refractivity contribution in [1.82, 2.24) is 19.9 Å². The third-order valence-electron chi connectivity index (χ3n) is 4.48. The van der Waals surface area contributed by atoms with Gasteiger partial charge in [0.2, 0.25) is 11.8 Å². The molecule has 1 amide bonds. The Morgan fingerprint density at radius 3 is 3.00 bits per heavy atom. The average Bonchev–Trinajstić information content (AvgIpc) is 3.23. The second kappa shape index (κ2) is 9.40. The van der Waals surface area contributed by atoms with E-state index in [0.717, 1.165) is 16.8 Å². The van der Waals surface area contributed by atoms with E-state index in [1.165, 1.54) is 12.3 Å². The number of nitriles is 1. The third-order valence-corrected chi connectivity index (χ3v) is 4.48. The molecule has 0 bridgehead atoms. The van der Waals surface area contributed by atoms with Crippen LogP contribution in [0, 0.1) is 11.3 Å². The maximum atomic E-state index is 11.5. The lowest BCUT2D eigenvalue weighted by molar-refractivity contribution is -0.111. The zero-order chi connectivity index (χ0) is 22.3. The minimum absolute atomic E-state index is 0.307. The van der Waals surface area contributed by atoms with Gasteiger partial charge in [0.15, 0.2) is 5.65 Å². The summed E-state index contributed by atoms with van der Waals surface area (Å²) in [5.74, 6) is 0.503. The summed E-state index contributed by atoms with van der Waals surface area (Å²) in [5, 5.41) is 14.6. The van der Waals surface area contributed by atoms with Crippen molar-refractivity contribution in [3.05, 3.63) is 67.8 Å². The predicted molar refractivity (Wildman–Crippen MR) is 121 cm³/mol. The molecule has 3 heterocycles. The van der Waals surface area contributed by atoms with Crippen LogP contribution >= 0.6 is 0 Å². The summed E-state index contributed by atoms with van der Waals surface area (Å²) >= 11 is 0. The Morgan fingerprint density at radius 1 is 1.25 bits per heavy atom.